The molecule has 0 saturated carbocycles. The monoisotopic (exact) mass is 224 g/mol. The standard InChI is InChI=1S/C5H8Cl4O/c1-4(6,7)3-5(8,9)10-2/h3H2,1-2H3. The Hall–Kier alpha value is 1.12. The van der Waals surface area contributed by atoms with Crippen LogP contribution in [-0.4, -0.2) is 16.0 Å². The number of ether oxygens (including phenoxy) is 1. The lowest BCUT2D eigenvalue weighted by molar-refractivity contribution is 0.123. The van der Waals surface area contributed by atoms with Gasteiger partial charge in [0.25, 0.3) is 0 Å². The minimum absolute atomic E-state index is 0.155. The van der Waals surface area contributed by atoms with Gasteiger partial charge in [-0.15, -0.1) is 23.2 Å². The number of hydrogen-bond acceptors (Lipinski definition) is 1. The van der Waals surface area contributed by atoms with Gasteiger partial charge in [-0.1, -0.05) is 23.2 Å². The topological polar surface area (TPSA) is 9.23 Å². The summed E-state index contributed by atoms with van der Waals surface area (Å²) in [6.07, 6.45) is 0.155. The van der Waals surface area contributed by atoms with E-state index in [0.29, 0.717) is 0 Å². The molecule has 10 heavy (non-hydrogen) atoms. The van der Waals surface area contributed by atoms with Gasteiger partial charge in [0.2, 0.25) is 4.52 Å². The van der Waals surface area contributed by atoms with Crippen molar-refractivity contribution in [3.63, 3.8) is 0 Å². The Labute approximate surface area is 80.5 Å². The molecule has 0 aliphatic carbocycles. The molecule has 0 aliphatic rings. The number of rotatable bonds is 3. The molecule has 0 atom stereocenters. The largest absolute Gasteiger partial charge is 0.350 e. The van der Waals surface area contributed by atoms with Crippen LogP contribution < -0.4 is 0 Å². The lowest BCUT2D eigenvalue weighted by Gasteiger charge is -2.23. The summed E-state index contributed by atoms with van der Waals surface area (Å²) in [7, 11) is 1.39. The molecule has 0 bridgehead atoms. The minimum Gasteiger partial charge on any atom is -0.350 e. The second-order valence-electron chi connectivity index (χ2n) is 2.09. The Morgan fingerprint density at radius 2 is 1.60 bits per heavy atom. The molecule has 0 aliphatic heterocycles. The van der Waals surface area contributed by atoms with Crippen molar-refractivity contribution in [3.05, 3.63) is 0 Å². The van der Waals surface area contributed by atoms with E-state index in [-0.39, 0.29) is 6.42 Å². The van der Waals surface area contributed by atoms with Crippen LogP contribution in [0.2, 0.25) is 0 Å². The molecular weight excluding hydrogens is 218 g/mol. The van der Waals surface area contributed by atoms with Crippen LogP contribution >= 0.6 is 46.4 Å². The van der Waals surface area contributed by atoms with Gasteiger partial charge in [0.1, 0.15) is 4.33 Å². The van der Waals surface area contributed by atoms with E-state index in [0.717, 1.165) is 0 Å². The molecule has 0 unspecified atom stereocenters. The Kier molecular flexibility index (Phi) is 4.09. The Morgan fingerprint density at radius 1 is 1.20 bits per heavy atom. The number of hydrogen-bond donors (Lipinski definition) is 0. The number of alkyl halides is 4. The molecule has 1 nitrogen and oxygen atoms in total. The highest BCUT2D eigenvalue weighted by atomic mass is 35.5. The summed E-state index contributed by atoms with van der Waals surface area (Å²) in [4.78, 5) is 0. The molecule has 0 rings (SSSR count). The molecule has 0 spiro atoms. The first kappa shape index (κ1) is 11.1. The maximum Gasteiger partial charge on any atom is 0.220 e. The van der Waals surface area contributed by atoms with Crippen molar-refractivity contribution < 1.29 is 4.74 Å². The summed E-state index contributed by atoms with van der Waals surface area (Å²) < 4.78 is 2.42. The third kappa shape index (κ3) is 5.87. The molecule has 0 aromatic rings. The van der Waals surface area contributed by atoms with Gasteiger partial charge in [0.05, 0.1) is 0 Å². The van der Waals surface area contributed by atoms with Gasteiger partial charge in [0, 0.05) is 13.5 Å². The predicted octanol–water partition coefficient (Wildman–Crippen LogP) is 3.35. The summed E-state index contributed by atoms with van der Waals surface area (Å²) >= 11 is 22.4. The number of halogens is 4. The van der Waals surface area contributed by atoms with Gasteiger partial charge >= 0.3 is 0 Å². The first-order valence-corrected chi connectivity index (χ1v) is 4.09. The van der Waals surface area contributed by atoms with Crippen molar-refractivity contribution in [2.45, 2.75) is 22.2 Å². The molecule has 0 N–H and O–H groups in total. The normalized spacial score (nSPS) is 13.8. The zero-order chi connectivity index (χ0) is 8.41. The van der Waals surface area contributed by atoms with Crippen molar-refractivity contribution in [2.75, 3.05) is 7.11 Å². The summed E-state index contributed by atoms with van der Waals surface area (Å²) in [6, 6.07) is 0. The molecule has 0 radical (unpaired) electrons. The Balaban J connectivity index is 3.89. The molecule has 0 amide bonds. The average molecular weight is 226 g/mol. The van der Waals surface area contributed by atoms with E-state index in [1.54, 1.807) is 6.92 Å². The molecule has 0 aromatic carbocycles. The van der Waals surface area contributed by atoms with Gasteiger partial charge in [-0.05, 0) is 6.92 Å². The molecule has 0 saturated heterocycles. The van der Waals surface area contributed by atoms with Crippen LogP contribution in [0.3, 0.4) is 0 Å². The van der Waals surface area contributed by atoms with Gasteiger partial charge in [-0.25, -0.2) is 0 Å². The molecule has 62 valence electrons. The molecule has 0 fully saturated rings. The molecule has 5 heteroatoms. The zero-order valence-electron chi connectivity index (χ0n) is 5.63. The second kappa shape index (κ2) is 3.68. The quantitative estimate of drug-likeness (QED) is 0.670. The van der Waals surface area contributed by atoms with Crippen LogP contribution in [0.25, 0.3) is 0 Å². The lowest BCUT2D eigenvalue weighted by Crippen LogP contribution is -2.24. The fourth-order valence-corrected chi connectivity index (χ4v) is 1.62. The van der Waals surface area contributed by atoms with Crippen LogP contribution in [0, 0.1) is 0 Å². The fourth-order valence-electron chi connectivity index (χ4n) is 0.434. The van der Waals surface area contributed by atoms with E-state index in [1.165, 1.54) is 7.11 Å². The Morgan fingerprint density at radius 3 is 1.70 bits per heavy atom. The van der Waals surface area contributed by atoms with E-state index in [9.17, 15) is 0 Å². The first-order valence-electron chi connectivity index (χ1n) is 2.58. The van der Waals surface area contributed by atoms with Gasteiger partial charge < -0.3 is 4.74 Å². The summed E-state index contributed by atoms with van der Waals surface area (Å²) in [5.74, 6) is 0. The average Bonchev–Trinajstić information content (AvgIpc) is 1.60. The maximum atomic E-state index is 5.61. The van der Waals surface area contributed by atoms with E-state index >= 15 is 0 Å². The number of methoxy groups -OCH3 is 1. The lowest BCUT2D eigenvalue weighted by atomic mass is 10.3. The van der Waals surface area contributed by atoms with E-state index in [2.05, 4.69) is 4.74 Å². The first-order chi connectivity index (χ1) is 4.27. The summed E-state index contributed by atoms with van der Waals surface area (Å²) in [5, 5.41) is 0. The third-order valence-electron chi connectivity index (χ3n) is 0.815. The van der Waals surface area contributed by atoms with Gasteiger partial charge in [0.15, 0.2) is 0 Å². The minimum atomic E-state index is -1.29. The van der Waals surface area contributed by atoms with Crippen molar-refractivity contribution in [2.24, 2.45) is 0 Å². The highest BCUT2D eigenvalue weighted by Gasteiger charge is 2.32. The van der Waals surface area contributed by atoms with Crippen LogP contribution in [0.5, 0.6) is 0 Å². The van der Waals surface area contributed by atoms with Gasteiger partial charge in [-0.2, -0.15) is 0 Å². The fraction of sp³-hybridized carbons (Fsp3) is 1.00. The second-order valence-corrected chi connectivity index (χ2v) is 5.36. The summed E-state index contributed by atoms with van der Waals surface area (Å²) in [6.45, 7) is 1.59. The summed E-state index contributed by atoms with van der Waals surface area (Å²) in [5.41, 5.74) is 0. The van der Waals surface area contributed by atoms with Gasteiger partial charge in [-0.3, -0.25) is 0 Å². The van der Waals surface area contributed by atoms with Crippen molar-refractivity contribution in [3.8, 4) is 0 Å². The zero-order valence-corrected chi connectivity index (χ0v) is 8.65. The SMILES string of the molecule is COC(Cl)(Cl)CC(C)(Cl)Cl. The van der Waals surface area contributed by atoms with Crippen LogP contribution in [0.1, 0.15) is 13.3 Å². The van der Waals surface area contributed by atoms with E-state index in [4.69, 9.17) is 46.4 Å². The highest BCUT2D eigenvalue weighted by molar-refractivity contribution is 6.51. The van der Waals surface area contributed by atoms with Crippen molar-refractivity contribution in [1.82, 2.24) is 0 Å². The van der Waals surface area contributed by atoms with Crippen LogP contribution in [0.4, 0.5) is 0 Å². The molecule has 0 heterocycles. The molecule has 0 aromatic heterocycles. The van der Waals surface area contributed by atoms with Crippen molar-refractivity contribution >= 4 is 46.4 Å². The molecular formula is C5H8Cl4O. The highest BCUT2D eigenvalue weighted by Crippen LogP contribution is 2.37. The predicted molar refractivity (Wildman–Crippen MR) is 46.2 cm³/mol. The Bertz CT molecular complexity index is 107. The van der Waals surface area contributed by atoms with E-state index < -0.39 is 8.85 Å². The third-order valence-corrected chi connectivity index (χ3v) is 1.66. The van der Waals surface area contributed by atoms with Crippen LogP contribution in [-0.2, 0) is 4.74 Å². The maximum absolute atomic E-state index is 5.61. The van der Waals surface area contributed by atoms with Crippen LogP contribution in [0.15, 0.2) is 0 Å². The smallest absolute Gasteiger partial charge is 0.220 e. The van der Waals surface area contributed by atoms with E-state index in [1.807, 2.05) is 0 Å². The van der Waals surface area contributed by atoms with Crippen molar-refractivity contribution in [1.29, 1.82) is 0 Å².